The number of aliphatic hydroxyl groups excluding tert-OH is 2. The number of nitrogens with zero attached hydrogens (tertiary/aromatic N) is 1. The molecule has 3 aliphatic rings. The zero-order valence-corrected chi connectivity index (χ0v) is 18.2. The van der Waals surface area contributed by atoms with Crippen molar-refractivity contribution >= 4 is 35.3 Å². The monoisotopic (exact) mass is 500 g/mol. The Morgan fingerprint density at radius 3 is 2.67 bits per heavy atom. The number of alkyl halides is 3. The molecule has 2 bridgehead atoms. The third-order valence-corrected chi connectivity index (χ3v) is 6.76. The van der Waals surface area contributed by atoms with Crippen LogP contribution in [0, 0.1) is 0 Å². The molecule has 3 aliphatic heterocycles. The highest BCUT2D eigenvalue weighted by Crippen LogP contribution is 2.37. The average Bonchev–Trinajstić information content (AvgIpc) is 3.25. The molecule has 0 saturated carbocycles. The van der Waals surface area contributed by atoms with Gasteiger partial charge >= 0.3 is 12.1 Å². The minimum atomic E-state index is -5.20. The molecule has 6 atom stereocenters. The minimum absolute atomic E-state index is 0.0325. The number of ketones is 1. The molecule has 1 unspecified atom stereocenters. The Morgan fingerprint density at radius 1 is 1.33 bits per heavy atom. The van der Waals surface area contributed by atoms with Gasteiger partial charge in [0.05, 0.1) is 37.4 Å². The van der Waals surface area contributed by atoms with Crippen molar-refractivity contribution in [3.05, 3.63) is 0 Å². The lowest BCUT2D eigenvalue weighted by atomic mass is 9.88. The molecule has 0 radical (unpaired) electrons. The normalized spacial score (nSPS) is 34.1. The lowest BCUT2D eigenvalue weighted by Gasteiger charge is -2.42. The Kier molecular flexibility index (Phi) is 7.70. The number of fused-ring (bicyclic) bond motifs is 2. The van der Waals surface area contributed by atoms with Crippen LogP contribution in [0.25, 0.3) is 0 Å². The maximum absolute atomic E-state index is 12.5. The standard InChI is InChI=1S/C18H23F3N2O9S/c1-8(24)5-33-9-4-10(25)23(14(9)28)2-3-30-6-17-7-31-15(32-17)11(12(26)13(17)27)22-16(29)18(19,20)21/h9,11-13,15,26-27H,2-7H2,1H3,(H,22,29)/t9?,11-,12+,13+,15-,17-/m0/s1. The number of Topliss-reactive ketones (excluding diaryl/α,β-unsaturated/α-hetero) is 1. The summed E-state index contributed by atoms with van der Waals surface area (Å²) in [4.78, 5) is 47.7. The van der Waals surface area contributed by atoms with Gasteiger partial charge in [-0.05, 0) is 6.92 Å². The van der Waals surface area contributed by atoms with Crippen LogP contribution in [0.4, 0.5) is 13.2 Å². The molecule has 3 saturated heterocycles. The van der Waals surface area contributed by atoms with Gasteiger partial charge in [0.15, 0.2) is 6.29 Å². The number of likely N-dealkylation sites (tertiary alicyclic amines) is 1. The van der Waals surface area contributed by atoms with Crippen molar-refractivity contribution in [1.29, 1.82) is 0 Å². The molecule has 186 valence electrons. The first-order valence-corrected chi connectivity index (χ1v) is 11.0. The molecule has 0 aromatic rings. The van der Waals surface area contributed by atoms with Gasteiger partial charge in [-0.15, -0.1) is 11.8 Å². The molecule has 15 heteroatoms. The molecular weight excluding hydrogens is 477 g/mol. The number of aliphatic hydroxyl groups is 2. The van der Waals surface area contributed by atoms with Gasteiger partial charge in [0.2, 0.25) is 11.8 Å². The number of ether oxygens (including phenoxy) is 3. The van der Waals surface area contributed by atoms with Gasteiger partial charge in [-0.25, -0.2) is 0 Å². The quantitative estimate of drug-likeness (QED) is 0.248. The molecular formula is C18H23F3N2O9S. The molecule has 0 spiro atoms. The molecule has 11 nitrogen and oxygen atoms in total. The summed E-state index contributed by atoms with van der Waals surface area (Å²) in [6, 6.07) is -1.66. The van der Waals surface area contributed by atoms with E-state index in [0.29, 0.717) is 0 Å². The summed E-state index contributed by atoms with van der Waals surface area (Å²) in [5.74, 6) is -3.18. The number of halogens is 3. The summed E-state index contributed by atoms with van der Waals surface area (Å²) in [6.07, 6.45) is -10.3. The second kappa shape index (κ2) is 9.84. The molecule has 0 aromatic carbocycles. The third kappa shape index (κ3) is 5.49. The van der Waals surface area contributed by atoms with E-state index in [1.54, 1.807) is 5.32 Å². The Morgan fingerprint density at radius 2 is 2.03 bits per heavy atom. The first kappa shape index (κ1) is 25.8. The number of rotatable bonds is 9. The molecule has 3 heterocycles. The number of amides is 3. The smallest absolute Gasteiger partial charge is 0.388 e. The Balaban J connectivity index is 1.50. The van der Waals surface area contributed by atoms with E-state index in [9.17, 15) is 42.6 Å². The van der Waals surface area contributed by atoms with Crippen molar-refractivity contribution in [2.45, 2.75) is 54.9 Å². The van der Waals surface area contributed by atoms with Gasteiger partial charge in [-0.1, -0.05) is 0 Å². The highest BCUT2D eigenvalue weighted by molar-refractivity contribution is 8.01. The largest absolute Gasteiger partial charge is 0.471 e. The maximum Gasteiger partial charge on any atom is 0.471 e. The van der Waals surface area contributed by atoms with Gasteiger partial charge in [-0.3, -0.25) is 24.1 Å². The Labute approximate surface area is 189 Å². The van der Waals surface area contributed by atoms with Crippen LogP contribution in [0.3, 0.4) is 0 Å². The predicted octanol–water partition coefficient (Wildman–Crippen LogP) is -1.65. The van der Waals surface area contributed by atoms with E-state index in [2.05, 4.69) is 0 Å². The average molecular weight is 500 g/mol. The third-order valence-electron chi connectivity index (χ3n) is 5.42. The molecule has 3 N–H and O–H groups in total. The van der Waals surface area contributed by atoms with E-state index < -0.39 is 59.3 Å². The zero-order chi connectivity index (χ0) is 24.6. The van der Waals surface area contributed by atoms with Crippen LogP contribution in [-0.4, -0.2) is 112 Å². The summed E-state index contributed by atoms with van der Waals surface area (Å²) in [7, 11) is 0. The van der Waals surface area contributed by atoms with Crippen LogP contribution in [0.2, 0.25) is 0 Å². The number of thioether (sulfide) groups is 1. The zero-order valence-electron chi connectivity index (χ0n) is 17.4. The van der Waals surface area contributed by atoms with Crippen molar-refractivity contribution in [2.24, 2.45) is 0 Å². The number of hydrogen-bond acceptors (Lipinski definition) is 10. The number of nitrogens with one attached hydrogen (secondary N) is 1. The van der Waals surface area contributed by atoms with E-state index in [1.807, 2.05) is 0 Å². The van der Waals surface area contributed by atoms with Crippen LogP contribution in [0.15, 0.2) is 0 Å². The molecule has 33 heavy (non-hydrogen) atoms. The fraction of sp³-hybridized carbons (Fsp3) is 0.778. The van der Waals surface area contributed by atoms with Gasteiger partial charge < -0.3 is 29.7 Å². The lowest BCUT2D eigenvalue weighted by Crippen LogP contribution is -2.67. The molecule has 0 aromatic heterocycles. The SMILES string of the molecule is CC(=O)CSC1CC(=O)N(CCOC[C@@]23CO[C@@H](O2)[C@@H](NC(=O)C(F)(F)F)[C@@H](O)[C@H]3O)C1=O. The predicted molar refractivity (Wildman–Crippen MR) is 103 cm³/mol. The summed E-state index contributed by atoms with van der Waals surface area (Å²) < 4.78 is 53.6. The fourth-order valence-electron chi connectivity index (χ4n) is 3.71. The Bertz CT molecular complexity index is 814. The maximum atomic E-state index is 12.5. The van der Waals surface area contributed by atoms with Crippen LogP contribution >= 0.6 is 11.8 Å². The van der Waals surface area contributed by atoms with Gasteiger partial charge in [-0.2, -0.15) is 13.2 Å². The topological polar surface area (TPSA) is 152 Å². The molecule has 0 aliphatic carbocycles. The van der Waals surface area contributed by atoms with Crippen molar-refractivity contribution in [3.8, 4) is 0 Å². The van der Waals surface area contributed by atoms with E-state index in [-0.39, 0.29) is 44.3 Å². The van der Waals surface area contributed by atoms with Crippen LogP contribution in [-0.2, 0) is 33.4 Å². The van der Waals surface area contributed by atoms with E-state index >= 15 is 0 Å². The van der Waals surface area contributed by atoms with E-state index in [1.165, 1.54) is 6.92 Å². The summed E-state index contributed by atoms with van der Waals surface area (Å²) in [5, 5.41) is 21.6. The second-order valence-electron chi connectivity index (χ2n) is 7.94. The van der Waals surface area contributed by atoms with Crippen molar-refractivity contribution in [2.75, 3.05) is 32.1 Å². The molecule has 3 amide bonds. The first-order chi connectivity index (χ1) is 15.4. The van der Waals surface area contributed by atoms with Gasteiger partial charge in [0, 0.05) is 6.42 Å². The highest BCUT2D eigenvalue weighted by Gasteiger charge is 2.60. The first-order valence-electron chi connectivity index (χ1n) is 9.92. The van der Waals surface area contributed by atoms with E-state index in [4.69, 9.17) is 14.2 Å². The number of carbonyl (C=O) groups is 4. The minimum Gasteiger partial charge on any atom is -0.388 e. The van der Waals surface area contributed by atoms with Crippen LogP contribution < -0.4 is 5.32 Å². The van der Waals surface area contributed by atoms with Crippen molar-refractivity contribution in [3.63, 3.8) is 0 Å². The number of hydrogen-bond donors (Lipinski definition) is 3. The number of carbonyl (C=O) groups excluding carboxylic acids is 4. The summed E-state index contributed by atoms with van der Waals surface area (Å²) >= 11 is 1.08. The van der Waals surface area contributed by atoms with Gasteiger partial charge in [0.25, 0.3) is 0 Å². The van der Waals surface area contributed by atoms with Gasteiger partial charge in [0.1, 0.15) is 29.6 Å². The fourth-order valence-corrected chi connectivity index (χ4v) is 4.67. The Hall–Kier alpha value is -1.78. The summed E-state index contributed by atoms with van der Waals surface area (Å²) in [6.45, 7) is 0.439. The van der Waals surface area contributed by atoms with Crippen molar-refractivity contribution < 1.29 is 56.8 Å². The van der Waals surface area contributed by atoms with Crippen LogP contribution in [0.5, 0.6) is 0 Å². The summed E-state index contributed by atoms with van der Waals surface area (Å²) in [5.41, 5.74) is -1.61. The lowest BCUT2D eigenvalue weighted by molar-refractivity contribution is -0.240. The highest BCUT2D eigenvalue weighted by atomic mass is 32.2. The molecule has 3 rings (SSSR count). The molecule has 3 fully saturated rings. The van der Waals surface area contributed by atoms with E-state index in [0.717, 1.165) is 16.7 Å². The second-order valence-corrected chi connectivity index (χ2v) is 9.13. The van der Waals surface area contributed by atoms with Crippen LogP contribution in [0.1, 0.15) is 13.3 Å². The number of imide groups is 1. The van der Waals surface area contributed by atoms with Crippen molar-refractivity contribution in [1.82, 2.24) is 10.2 Å².